The lowest BCUT2D eigenvalue weighted by Crippen LogP contribution is -2.36. The van der Waals surface area contributed by atoms with E-state index in [0.29, 0.717) is 12.2 Å². The summed E-state index contributed by atoms with van der Waals surface area (Å²) in [5.74, 6) is 0.107. The van der Waals surface area contributed by atoms with Crippen LogP contribution in [0.5, 0.6) is 0 Å². The second-order valence-corrected chi connectivity index (χ2v) is 7.94. The summed E-state index contributed by atoms with van der Waals surface area (Å²) in [5.41, 5.74) is 2.87. The lowest BCUT2D eigenvalue weighted by Gasteiger charge is -2.15. The second-order valence-electron chi connectivity index (χ2n) is 7.94. The molecule has 5 rings (SSSR count). The van der Waals surface area contributed by atoms with Gasteiger partial charge in [0.1, 0.15) is 11.8 Å². The Morgan fingerprint density at radius 3 is 2.94 bits per heavy atom. The number of anilines is 2. The Kier molecular flexibility index (Phi) is 4.57. The number of alkyl halides is 2. The van der Waals surface area contributed by atoms with Crippen molar-refractivity contribution in [3.05, 3.63) is 54.1 Å². The van der Waals surface area contributed by atoms with Crippen LogP contribution in [0.4, 0.5) is 25.2 Å². The molecule has 1 amide bonds. The van der Waals surface area contributed by atoms with E-state index >= 15 is 0 Å². The number of amides is 1. The zero-order valence-corrected chi connectivity index (χ0v) is 16.7. The van der Waals surface area contributed by atoms with Gasteiger partial charge in [-0.1, -0.05) is 6.07 Å². The Bertz CT molecular complexity index is 1140. The average Bonchev–Trinajstić information content (AvgIpc) is 3.22. The number of halogens is 2. The Hall–Kier alpha value is -3.56. The molecule has 1 aliphatic carbocycles. The van der Waals surface area contributed by atoms with Crippen molar-refractivity contribution in [3.63, 3.8) is 0 Å². The summed E-state index contributed by atoms with van der Waals surface area (Å²) in [6.45, 7) is 2.42. The smallest absolute Gasteiger partial charge is 0.408 e. The second kappa shape index (κ2) is 7.29. The molecule has 10 heteroatoms. The van der Waals surface area contributed by atoms with Crippen LogP contribution in [0.25, 0.3) is 11.1 Å². The highest BCUT2D eigenvalue weighted by Crippen LogP contribution is 2.44. The largest absolute Gasteiger partial charge is 0.442 e. The molecular weight excluding hydrogens is 406 g/mol. The zero-order chi connectivity index (χ0) is 21.6. The highest BCUT2D eigenvalue weighted by molar-refractivity contribution is 5.72. The van der Waals surface area contributed by atoms with Crippen LogP contribution in [0.2, 0.25) is 0 Å². The SMILES string of the molecule is Cc1cc(Nc2nccc(C(F)F)n2)cc(-c2cnn(CC3OC(=O)NC34CC4)c2)c1. The third kappa shape index (κ3) is 3.92. The number of carbonyl (C=O) groups is 1. The number of hydrogen-bond donors (Lipinski definition) is 2. The van der Waals surface area contributed by atoms with E-state index in [1.807, 2.05) is 31.3 Å². The molecule has 2 N–H and O–H groups in total. The minimum atomic E-state index is -2.66. The van der Waals surface area contributed by atoms with Gasteiger partial charge in [0.05, 0.1) is 18.3 Å². The van der Waals surface area contributed by atoms with E-state index in [-0.39, 0.29) is 29.4 Å². The Balaban J connectivity index is 1.35. The van der Waals surface area contributed by atoms with Crippen LogP contribution < -0.4 is 10.6 Å². The van der Waals surface area contributed by atoms with Crippen molar-refractivity contribution < 1.29 is 18.3 Å². The number of alkyl carbamates (subject to hydrolysis) is 1. The molecule has 1 unspecified atom stereocenters. The van der Waals surface area contributed by atoms with E-state index < -0.39 is 6.43 Å². The minimum Gasteiger partial charge on any atom is -0.442 e. The summed E-state index contributed by atoms with van der Waals surface area (Å²) in [5, 5.41) is 10.3. The minimum absolute atomic E-state index is 0.107. The van der Waals surface area contributed by atoms with E-state index in [4.69, 9.17) is 4.74 Å². The van der Waals surface area contributed by atoms with Crippen molar-refractivity contribution in [1.82, 2.24) is 25.1 Å². The topological polar surface area (TPSA) is 94.0 Å². The van der Waals surface area contributed by atoms with Crippen LogP contribution in [0.15, 0.2) is 42.9 Å². The number of nitrogens with one attached hydrogen (secondary N) is 2. The predicted octanol–water partition coefficient (Wildman–Crippen LogP) is 3.97. The van der Waals surface area contributed by atoms with Gasteiger partial charge in [-0.2, -0.15) is 5.10 Å². The van der Waals surface area contributed by atoms with E-state index in [2.05, 4.69) is 25.7 Å². The molecule has 1 saturated heterocycles. The number of nitrogens with zero attached hydrogens (tertiary/aromatic N) is 4. The molecule has 2 fully saturated rings. The van der Waals surface area contributed by atoms with Gasteiger partial charge < -0.3 is 15.4 Å². The molecule has 31 heavy (non-hydrogen) atoms. The first kappa shape index (κ1) is 19.4. The lowest BCUT2D eigenvalue weighted by molar-refractivity contribution is 0.114. The Labute approximate surface area is 176 Å². The summed E-state index contributed by atoms with van der Waals surface area (Å²) in [4.78, 5) is 19.5. The number of hydrogen-bond acceptors (Lipinski definition) is 6. The van der Waals surface area contributed by atoms with Crippen molar-refractivity contribution in [1.29, 1.82) is 0 Å². The molecule has 1 saturated carbocycles. The van der Waals surface area contributed by atoms with E-state index in [9.17, 15) is 13.6 Å². The maximum atomic E-state index is 12.9. The summed E-state index contributed by atoms with van der Waals surface area (Å²) >= 11 is 0. The molecular formula is C21H20F2N6O2. The number of cyclic esters (lactones) is 1. The summed E-state index contributed by atoms with van der Waals surface area (Å²) in [6, 6.07) is 6.95. The molecule has 1 spiro atoms. The standard InChI is InChI=1S/C21H20F2N6O2/c1-12-6-13(8-15(7-12)26-19-24-5-2-16(27-19)18(22)23)14-9-25-29(10-14)11-17-21(3-4-21)28-20(30)31-17/h2,5-10,17-18H,3-4,11H2,1H3,(H,28,30)(H,24,26,27). The van der Waals surface area contributed by atoms with E-state index in [0.717, 1.165) is 29.5 Å². The third-order valence-corrected chi connectivity index (χ3v) is 5.56. The van der Waals surface area contributed by atoms with E-state index in [1.54, 1.807) is 10.9 Å². The number of carbonyl (C=O) groups excluding carboxylic acids is 1. The molecule has 8 nitrogen and oxygen atoms in total. The van der Waals surface area contributed by atoms with Crippen LogP contribution >= 0.6 is 0 Å². The lowest BCUT2D eigenvalue weighted by atomic mass is 10.1. The highest BCUT2D eigenvalue weighted by Gasteiger charge is 2.57. The molecule has 1 aliphatic heterocycles. The summed E-state index contributed by atoms with van der Waals surface area (Å²) in [7, 11) is 0. The predicted molar refractivity (Wildman–Crippen MR) is 108 cm³/mol. The first-order valence-corrected chi connectivity index (χ1v) is 9.92. The first-order valence-electron chi connectivity index (χ1n) is 9.92. The fraction of sp³-hybridized carbons (Fsp3) is 0.333. The Morgan fingerprint density at radius 2 is 2.16 bits per heavy atom. The van der Waals surface area contributed by atoms with Gasteiger partial charge in [0.2, 0.25) is 5.95 Å². The third-order valence-electron chi connectivity index (χ3n) is 5.56. The van der Waals surface area contributed by atoms with Gasteiger partial charge in [0.25, 0.3) is 6.43 Å². The number of aryl methyl sites for hydroxylation is 1. The van der Waals surface area contributed by atoms with Gasteiger partial charge in [-0.15, -0.1) is 0 Å². The first-order chi connectivity index (χ1) is 14.9. The van der Waals surface area contributed by atoms with Gasteiger partial charge >= 0.3 is 6.09 Å². The Morgan fingerprint density at radius 1 is 1.32 bits per heavy atom. The molecule has 1 aromatic carbocycles. The summed E-state index contributed by atoms with van der Waals surface area (Å²) in [6.07, 6.45) is 3.51. The van der Waals surface area contributed by atoms with Crippen molar-refractivity contribution in [3.8, 4) is 11.1 Å². The zero-order valence-electron chi connectivity index (χ0n) is 16.7. The van der Waals surface area contributed by atoms with Crippen molar-refractivity contribution in [2.75, 3.05) is 5.32 Å². The molecule has 0 bridgehead atoms. The quantitative estimate of drug-likeness (QED) is 0.620. The monoisotopic (exact) mass is 426 g/mol. The normalized spacial score (nSPS) is 18.8. The van der Waals surface area contributed by atoms with Gasteiger partial charge in [-0.25, -0.2) is 23.5 Å². The number of aromatic nitrogens is 4. The molecule has 3 aromatic rings. The van der Waals surface area contributed by atoms with E-state index in [1.165, 1.54) is 12.3 Å². The fourth-order valence-corrected chi connectivity index (χ4v) is 3.84. The summed E-state index contributed by atoms with van der Waals surface area (Å²) < 4.78 is 33.0. The van der Waals surface area contributed by atoms with Crippen LogP contribution in [0.1, 0.15) is 30.5 Å². The van der Waals surface area contributed by atoms with Crippen LogP contribution in [-0.2, 0) is 11.3 Å². The van der Waals surface area contributed by atoms with Gasteiger partial charge in [-0.3, -0.25) is 4.68 Å². The van der Waals surface area contributed by atoms with Gasteiger partial charge in [0, 0.05) is 23.6 Å². The molecule has 2 aromatic heterocycles. The number of rotatable bonds is 6. The molecule has 1 atom stereocenters. The van der Waals surface area contributed by atoms with Crippen molar-refractivity contribution >= 4 is 17.7 Å². The van der Waals surface area contributed by atoms with Gasteiger partial charge in [-0.05, 0) is 49.1 Å². The highest BCUT2D eigenvalue weighted by atomic mass is 19.3. The van der Waals surface area contributed by atoms with Crippen LogP contribution in [-0.4, -0.2) is 37.5 Å². The number of benzene rings is 1. The molecule has 3 heterocycles. The van der Waals surface area contributed by atoms with Crippen molar-refractivity contribution in [2.45, 2.75) is 44.4 Å². The number of ether oxygens (including phenoxy) is 1. The van der Waals surface area contributed by atoms with Crippen LogP contribution in [0.3, 0.4) is 0 Å². The average molecular weight is 426 g/mol. The molecule has 160 valence electrons. The van der Waals surface area contributed by atoms with Crippen LogP contribution in [0, 0.1) is 6.92 Å². The fourth-order valence-electron chi connectivity index (χ4n) is 3.84. The van der Waals surface area contributed by atoms with Crippen molar-refractivity contribution in [2.24, 2.45) is 0 Å². The maximum absolute atomic E-state index is 12.9. The van der Waals surface area contributed by atoms with Gasteiger partial charge in [0.15, 0.2) is 0 Å². The molecule has 0 radical (unpaired) electrons. The maximum Gasteiger partial charge on any atom is 0.408 e. The molecule has 2 aliphatic rings.